The van der Waals surface area contributed by atoms with Crippen LogP contribution in [0.3, 0.4) is 0 Å². The van der Waals surface area contributed by atoms with Crippen LogP contribution in [-0.4, -0.2) is 66.6 Å². The van der Waals surface area contributed by atoms with Crippen LogP contribution in [0.4, 0.5) is 4.79 Å². The van der Waals surface area contributed by atoms with Crippen LogP contribution in [0.5, 0.6) is 5.75 Å². The van der Waals surface area contributed by atoms with Crippen molar-refractivity contribution in [2.24, 2.45) is 0 Å². The molecule has 10 heteroatoms. The number of halogens is 1. The Balaban J connectivity index is 1.77. The predicted octanol–water partition coefficient (Wildman–Crippen LogP) is 3.01. The van der Waals surface area contributed by atoms with Crippen LogP contribution in [0.15, 0.2) is 24.4 Å². The molecule has 3 rings (SSSR count). The molecular formula is C17H17ClN2O6S. The van der Waals surface area contributed by atoms with Crippen molar-refractivity contribution in [3.8, 4) is 16.3 Å². The quantitative estimate of drug-likeness (QED) is 0.753. The normalized spacial score (nSPS) is 16.8. The summed E-state index contributed by atoms with van der Waals surface area (Å²) in [5, 5.41) is 9.73. The van der Waals surface area contributed by atoms with Crippen molar-refractivity contribution in [3.05, 3.63) is 34.3 Å². The van der Waals surface area contributed by atoms with Gasteiger partial charge in [-0.1, -0.05) is 11.6 Å². The highest BCUT2D eigenvalue weighted by Crippen LogP contribution is 2.31. The second-order valence-electron chi connectivity index (χ2n) is 5.74. The maximum Gasteiger partial charge on any atom is 0.407 e. The summed E-state index contributed by atoms with van der Waals surface area (Å²) in [6.45, 7) is 1.01. The molecule has 144 valence electrons. The lowest BCUT2D eigenvalue weighted by Crippen LogP contribution is -2.47. The molecule has 0 aliphatic carbocycles. The Labute approximate surface area is 164 Å². The van der Waals surface area contributed by atoms with Crippen LogP contribution in [0.2, 0.25) is 4.34 Å². The molecule has 2 heterocycles. The van der Waals surface area contributed by atoms with Crippen LogP contribution >= 0.6 is 22.9 Å². The van der Waals surface area contributed by atoms with Crippen molar-refractivity contribution in [3.63, 3.8) is 0 Å². The van der Waals surface area contributed by atoms with Crippen LogP contribution in [0, 0.1) is 0 Å². The van der Waals surface area contributed by atoms with E-state index in [1.807, 2.05) is 0 Å². The number of carbonyl (C=O) groups is 2. The number of methoxy groups -OCH3 is 1. The lowest BCUT2D eigenvalue weighted by molar-refractivity contribution is -0.0412. The van der Waals surface area contributed by atoms with Gasteiger partial charge in [0.2, 0.25) is 0 Å². The van der Waals surface area contributed by atoms with Gasteiger partial charge in [0, 0.05) is 12.1 Å². The van der Waals surface area contributed by atoms with E-state index in [4.69, 9.17) is 30.9 Å². The first-order valence-electron chi connectivity index (χ1n) is 8.03. The molecule has 2 aromatic rings. The number of esters is 1. The molecule has 1 aliphatic heterocycles. The summed E-state index contributed by atoms with van der Waals surface area (Å²) in [6, 6.07) is 4.94. The molecule has 1 saturated heterocycles. The Morgan fingerprint density at radius 1 is 1.44 bits per heavy atom. The Morgan fingerprint density at radius 2 is 2.26 bits per heavy atom. The second-order valence-corrected chi connectivity index (χ2v) is 7.40. The van der Waals surface area contributed by atoms with Gasteiger partial charge in [-0.2, -0.15) is 0 Å². The van der Waals surface area contributed by atoms with Gasteiger partial charge in [0.1, 0.15) is 27.8 Å². The number of hydrogen-bond donors (Lipinski definition) is 1. The number of thiazole rings is 1. The number of morpholine rings is 1. The van der Waals surface area contributed by atoms with Gasteiger partial charge in [-0.3, -0.25) is 0 Å². The smallest absolute Gasteiger partial charge is 0.407 e. The van der Waals surface area contributed by atoms with Gasteiger partial charge in [-0.05, 0) is 18.2 Å². The lowest BCUT2D eigenvalue weighted by Gasteiger charge is -2.30. The van der Waals surface area contributed by atoms with Crippen LogP contribution < -0.4 is 4.74 Å². The van der Waals surface area contributed by atoms with Gasteiger partial charge in [0.15, 0.2) is 0 Å². The summed E-state index contributed by atoms with van der Waals surface area (Å²) >= 11 is 7.22. The average molecular weight is 413 g/mol. The van der Waals surface area contributed by atoms with E-state index >= 15 is 0 Å². The number of hydrogen-bond acceptors (Lipinski definition) is 7. The Kier molecular flexibility index (Phi) is 6.15. The van der Waals surface area contributed by atoms with E-state index in [-0.39, 0.29) is 13.2 Å². The summed E-state index contributed by atoms with van der Waals surface area (Å²) < 4.78 is 16.6. The molecule has 1 aromatic carbocycles. The van der Waals surface area contributed by atoms with Gasteiger partial charge in [-0.25, -0.2) is 14.6 Å². The molecule has 0 spiro atoms. The zero-order chi connectivity index (χ0) is 19.4. The fraction of sp³-hybridized carbons (Fsp3) is 0.353. The van der Waals surface area contributed by atoms with Crippen LogP contribution in [0.25, 0.3) is 10.6 Å². The van der Waals surface area contributed by atoms with E-state index < -0.39 is 18.2 Å². The highest BCUT2D eigenvalue weighted by Gasteiger charge is 2.24. The average Bonchev–Trinajstić information content (AvgIpc) is 3.12. The van der Waals surface area contributed by atoms with Gasteiger partial charge < -0.3 is 24.2 Å². The standard InChI is InChI=1S/C17H17ClN2O6S/c1-24-16(21)11-4-10(15-19-7-14(18)27-15)5-12(6-11)26-9-13-8-20(17(22)23)2-3-25-13/h4-7,13H,2-3,8-9H2,1H3,(H,22,23)/t13-/m0/s1. The third kappa shape index (κ3) is 4.88. The number of nitrogens with zero attached hydrogens (tertiary/aromatic N) is 2. The molecule has 0 saturated carbocycles. The monoisotopic (exact) mass is 412 g/mol. The molecule has 27 heavy (non-hydrogen) atoms. The van der Waals surface area contributed by atoms with E-state index in [0.29, 0.717) is 39.4 Å². The molecule has 1 aromatic heterocycles. The number of benzene rings is 1. The minimum absolute atomic E-state index is 0.145. The molecule has 0 bridgehead atoms. The van der Waals surface area contributed by atoms with E-state index in [0.717, 1.165) is 0 Å². The first-order valence-corrected chi connectivity index (χ1v) is 9.23. The topological polar surface area (TPSA) is 98.2 Å². The molecule has 8 nitrogen and oxygen atoms in total. The third-order valence-corrected chi connectivity index (χ3v) is 5.06. The number of ether oxygens (including phenoxy) is 3. The fourth-order valence-electron chi connectivity index (χ4n) is 2.61. The largest absolute Gasteiger partial charge is 0.491 e. The molecule has 1 amide bonds. The maximum atomic E-state index is 12.0. The zero-order valence-corrected chi connectivity index (χ0v) is 16.0. The van der Waals surface area contributed by atoms with Gasteiger partial charge >= 0.3 is 12.1 Å². The maximum absolute atomic E-state index is 12.0. The molecular weight excluding hydrogens is 396 g/mol. The van der Waals surface area contributed by atoms with Crippen molar-refractivity contribution in [1.29, 1.82) is 0 Å². The summed E-state index contributed by atoms with van der Waals surface area (Å²) in [5.41, 5.74) is 0.981. The van der Waals surface area contributed by atoms with E-state index in [2.05, 4.69) is 4.98 Å². The van der Waals surface area contributed by atoms with E-state index in [1.165, 1.54) is 29.5 Å². The Bertz CT molecular complexity index is 843. The summed E-state index contributed by atoms with van der Waals surface area (Å²) in [5.74, 6) is -0.0782. The van der Waals surface area contributed by atoms with E-state index in [1.54, 1.807) is 18.2 Å². The van der Waals surface area contributed by atoms with Crippen molar-refractivity contribution in [2.75, 3.05) is 33.4 Å². The highest BCUT2D eigenvalue weighted by atomic mass is 35.5. The number of carboxylic acid groups (broad SMARTS) is 1. The summed E-state index contributed by atoms with van der Waals surface area (Å²) in [7, 11) is 1.30. The fourth-order valence-corrected chi connectivity index (χ4v) is 3.51. The van der Waals surface area contributed by atoms with Crippen molar-refractivity contribution in [1.82, 2.24) is 9.88 Å². The SMILES string of the molecule is COC(=O)c1cc(OC[C@@H]2CN(C(=O)O)CCO2)cc(-c2ncc(Cl)s2)c1. The molecule has 1 fully saturated rings. The Hall–Kier alpha value is -2.36. The highest BCUT2D eigenvalue weighted by molar-refractivity contribution is 7.18. The summed E-state index contributed by atoms with van der Waals surface area (Å²) in [4.78, 5) is 28.6. The molecule has 0 unspecified atom stereocenters. The summed E-state index contributed by atoms with van der Waals surface area (Å²) in [6.07, 6.45) is 0.150. The van der Waals surface area contributed by atoms with Gasteiger partial charge in [0.25, 0.3) is 0 Å². The van der Waals surface area contributed by atoms with Crippen LogP contribution in [0.1, 0.15) is 10.4 Å². The van der Waals surface area contributed by atoms with Crippen LogP contribution in [-0.2, 0) is 9.47 Å². The number of carbonyl (C=O) groups excluding carboxylic acids is 1. The first kappa shape index (κ1) is 19.4. The first-order chi connectivity index (χ1) is 13.0. The second kappa shape index (κ2) is 8.55. The zero-order valence-electron chi connectivity index (χ0n) is 14.4. The molecule has 0 radical (unpaired) electrons. The van der Waals surface area contributed by atoms with Crippen molar-refractivity contribution in [2.45, 2.75) is 6.10 Å². The van der Waals surface area contributed by atoms with Gasteiger partial charge in [0.05, 0.1) is 32.0 Å². The number of aromatic nitrogens is 1. The molecule has 1 atom stereocenters. The number of amides is 1. The van der Waals surface area contributed by atoms with E-state index in [9.17, 15) is 9.59 Å². The predicted molar refractivity (Wildman–Crippen MR) is 98.7 cm³/mol. The molecule has 1 aliphatic rings. The minimum Gasteiger partial charge on any atom is -0.491 e. The van der Waals surface area contributed by atoms with Crippen molar-refractivity contribution < 1.29 is 28.9 Å². The minimum atomic E-state index is -0.987. The molecule has 1 N–H and O–H groups in total. The number of rotatable bonds is 5. The third-order valence-electron chi connectivity index (χ3n) is 3.90. The Morgan fingerprint density at radius 3 is 2.93 bits per heavy atom. The van der Waals surface area contributed by atoms with Gasteiger partial charge in [-0.15, -0.1) is 11.3 Å². The lowest BCUT2D eigenvalue weighted by atomic mass is 10.1. The van der Waals surface area contributed by atoms with Crippen molar-refractivity contribution >= 4 is 35.0 Å².